The molecule has 8 nitrogen and oxygen atoms in total. The fourth-order valence-electron chi connectivity index (χ4n) is 2.69. The Morgan fingerprint density at radius 3 is 2.63 bits per heavy atom. The third-order valence-corrected chi connectivity index (χ3v) is 5.72. The molecular formula is C18H18N4O4S. The molecule has 0 atom stereocenters. The SMILES string of the molecule is Cc1ncccc1-c1cc(CN(C)C(=O)O)cn1S(=O)(=O)c1cccnc1. The minimum atomic E-state index is -3.91. The molecule has 0 saturated carbocycles. The Balaban J connectivity index is 2.18. The number of pyridine rings is 2. The Hall–Kier alpha value is -3.20. The van der Waals surface area contributed by atoms with Crippen LogP contribution in [-0.4, -0.2) is 45.5 Å². The van der Waals surface area contributed by atoms with Gasteiger partial charge in [0.25, 0.3) is 10.0 Å². The van der Waals surface area contributed by atoms with Crippen molar-refractivity contribution in [2.75, 3.05) is 7.05 Å². The molecule has 0 aliphatic heterocycles. The van der Waals surface area contributed by atoms with Crippen molar-refractivity contribution >= 4 is 16.1 Å². The molecule has 0 unspecified atom stereocenters. The van der Waals surface area contributed by atoms with Gasteiger partial charge < -0.3 is 10.0 Å². The van der Waals surface area contributed by atoms with Gasteiger partial charge in [-0.05, 0) is 42.8 Å². The summed E-state index contributed by atoms with van der Waals surface area (Å²) in [7, 11) is -2.49. The summed E-state index contributed by atoms with van der Waals surface area (Å²) in [6, 6.07) is 8.17. The molecule has 140 valence electrons. The minimum absolute atomic E-state index is 0.0431. The molecule has 1 amide bonds. The first-order valence-corrected chi connectivity index (χ1v) is 9.47. The highest BCUT2D eigenvalue weighted by molar-refractivity contribution is 7.90. The predicted molar refractivity (Wildman–Crippen MR) is 98.7 cm³/mol. The molecule has 0 bridgehead atoms. The monoisotopic (exact) mass is 386 g/mol. The van der Waals surface area contributed by atoms with Gasteiger partial charge in [-0.1, -0.05) is 0 Å². The first kappa shape index (κ1) is 18.6. The number of hydrogen-bond acceptors (Lipinski definition) is 5. The average Bonchev–Trinajstić information content (AvgIpc) is 3.07. The Morgan fingerprint density at radius 1 is 1.26 bits per heavy atom. The maximum absolute atomic E-state index is 13.1. The molecule has 27 heavy (non-hydrogen) atoms. The molecule has 0 spiro atoms. The van der Waals surface area contributed by atoms with Crippen molar-refractivity contribution in [3.8, 4) is 11.3 Å². The molecule has 3 rings (SSSR count). The Kier molecular flexibility index (Phi) is 4.95. The molecule has 0 aromatic carbocycles. The van der Waals surface area contributed by atoms with Crippen LogP contribution in [0.3, 0.4) is 0 Å². The van der Waals surface area contributed by atoms with Crippen LogP contribution < -0.4 is 0 Å². The molecule has 0 saturated heterocycles. The van der Waals surface area contributed by atoms with Gasteiger partial charge in [0, 0.05) is 43.1 Å². The van der Waals surface area contributed by atoms with E-state index >= 15 is 0 Å². The van der Waals surface area contributed by atoms with Crippen LogP contribution in [0.5, 0.6) is 0 Å². The molecule has 3 aromatic heterocycles. The standard InChI is InChI=1S/C18H18N4O4S/c1-13-16(6-4-8-20-13)17-9-14(11-21(2)18(23)24)12-22(17)27(25,26)15-5-3-7-19-10-15/h3-10,12H,11H2,1-2H3,(H,23,24). The van der Waals surface area contributed by atoms with E-state index in [-0.39, 0.29) is 11.4 Å². The normalized spacial score (nSPS) is 11.3. The van der Waals surface area contributed by atoms with Crippen LogP contribution in [0, 0.1) is 6.92 Å². The molecule has 3 aromatic rings. The molecule has 0 aliphatic rings. The van der Waals surface area contributed by atoms with Gasteiger partial charge in [-0.2, -0.15) is 0 Å². The second-order valence-electron chi connectivity index (χ2n) is 6.00. The van der Waals surface area contributed by atoms with Crippen LogP contribution >= 0.6 is 0 Å². The summed E-state index contributed by atoms with van der Waals surface area (Å²) >= 11 is 0. The van der Waals surface area contributed by atoms with E-state index in [2.05, 4.69) is 9.97 Å². The summed E-state index contributed by atoms with van der Waals surface area (Å²) in [4.78, 5) is 20.4. The number of rotatable bonds is 5. The van der Waals surface area contributed by atoms with Crippen LogP contribution in [0.1, 0.15) is 11.3 Å². The number of carbonyl (C=O) groups is 1. The van der Waals surface area contributed by atoms with E-state index in [1.54, 1.807) is 37.4 Å². The number of aryl methyl sites for hydroxylation is 1. The molecule has 0 fully saturated rings. The zero-order valence-electron chi connectivity index (χ0n) is 14.8. The maximum Gasteiger partial charge on any atom is 0.407 e. The van der Waals surface area contributed by atoms with Crippen molar-refractivity contribution in [3.63, 3.8) is 0 Å². The summed E-state index contributed by atoms with van der Waals surface area (Å²) in [5, 5.41) is 9.10. The van der Waals surface area contributed by atoms with E-state index in [4.69, 9.17) is 5.11 Å². The lowest BCUT2D eigenvalue weighted by Crippen LogP contribution is -2.23. The first-order chi connectivity index (χ1) is 12.8. The largest absolute Gasteiger partial charge is 0.465 e. The van der Waals surface area contributed by atoms with Crippen molar-refractivity contribution in [1.82, 2.24) is 18.8 Å². The van der Waals surface area contributed by atoms with Crippen molar-refractivity contribution in [2.24, 2.45) is 0 Å². The molecule has 0 aliphatic carbocycles. The van der Waals surface area contributed by atoms with Crippen molar-refractivity contribution in [2.45, 2.75) is 18.4 Å². The fourth-order valence-corrected chi connectivity index (χ4v) is 4.04. The lowest BCUT2D eigenvalue weighted by molar-refractivity contribution is 0.154. The number of amides is 1. The highest BCUT2D eigenvalue weighted by atomic mass is 32.2. The zero-order chi connectivity index (χ0) is 19.6. The molecule has 9 heteroatoms. The van der Waals surface area contributed by atoms with Gasteiger partial charge in [-0.15, -0.1) is 0 Å². The summed E-state index contributed by atoms with van der Waals surface area (Å²) < 4.78 is 27.4. The van der Waals surface area contributed by atoms with E-state index in [0.29, 0.717) is 22.5 Å². The zero-order valence-corrected chi connectivity index (χ0v) is 15.6. The Labute approximate surface area is 156 Å². The molecule has 0 radical (unpaired) electrons. The molecule has 1 N–H and O–H groups in total. The minimum Gasteiger partial charge on any atom is -0.465 e. The van der Waals surface area contributed by atoms with Gasteiger partial charge in [0.1, 0.15) is 4.90 Å². The number of aromatic nitrogens is 3. The number of nitrogens with zero attached hydrogens (tertiary/aromatic N) is 4. The van der Waals surface area contributed by atoms with Crippen LogP contribution in [0.25, 0.3) is 11.3 Å². The fraction of sp³-hybridized carbons (Fsp3) is 0.167. The van der Waals surface area contributed by atoms with Crippen LogP contribution in [0.2, 0.25) is 0 Å². The van der Waals surface area contributed by atoms with Gasteiger partial charge in [-0.25, -0.2) is 17.2 Å². The average molecular weight is 386 g/mol. The van der Waals surface area contributed by atoms with E-state index in [1.807, 2.05) is 0 Å². The summed E-state index contributed by atoms with van der Waals surface area (Å²) in [5.74, 6) is 0. The van der Waals surface area contributed by atoms with Crippen molar-refractivity contribution in [1.29, 1.82) is 0 Å². The van der Waals surface area contributed by atoms with Gasteiger partial charge in [0.15, 0.2) is 0 Å². The van der Waals surface area contributed by atoms with Crippen molar-refractivity contribution < 1.29 is 18.3 Å². The van der Waals surface area contributed by atoms with E-state index < -0.39 is 16.1 Å². The maximum atomic E-state index is 13.1. The van der Waals surface area contributed by atoms with E-state index in [0.717, 1.165) is 8.87 Å². The van der Waals surface area contributed by atoms with E-state index in [1.165, 1.54) is 31.7 Å². The van der Waals surface area contributed by atoms with Crippen LogP contribution in [0.15, 0.2) is 60.0 Å². The summed E-state index contributed by atoms with van der Waals surface area (Å²) in [6.45, 7) is 1.84. The molecular weight excluding hydrogens is 368 g/mol. The smallest absolute Gasteiger partial charge is 0.407 e. The Bertz CT molecular complexity index is 1080. The lowest BCUT2D eigenvalue weighted by atomic mass is 10.1. The highest BCUT2D eigenvalue weighted by Gasteiger charge is 2.23. The van der Waals surface area contributed by atoms with Gasteiger partial charge >= 0.3 is 6.09 Å². The van der Waals surface area contributed by atoms with Crippen LogP contribution in [0.4, 0.5) is 4.79 Å². The third kappa shape index (κ3) is 3.68. The number of carboxylic acid groups (broad SMARTS) is 1. The highest BCUT2D eigenvalue weighted by Crippen LogP contribution is 2.28. The van der Waals surface area contributed by atoms with Crippen LogP contribution in [-0.2, 0) is 16.6 Å². The molecule has 3 heterocycles. The van der Waals surface area contributed by atoms with Gasteiger partial charge in [-0.3, -0.25) is 9.97 Å². The topological polar surface area (TPSA) is 105 Å². The Morgan fingerprint density at radius 2 is 2.00 bits per heavy atom. The van der Waals surface area contributed by atoms with Crippen molar-refractivity contribution in [3.05, 3.63) is 66.4 Å². The lowest BCUT2D eigenvalue weighted by Gasteiger charge is -2.11. The van der Waals surface area contributed by atoms with Gasteiger partial charge in [0.2, 0.25) is 0 Å². The predicted octanol–water partition coefficient (Wildman–Crippen LogP) is 2.60. The van der Waals surface area contributed by atoms with E-state index in [9.17, 15) is 13.2 Å². The second kappa shape index (κ2) is 7.20. The second-order valence-corrected chi connectivity index (χ2v) is 7.81. The first-order valence-electron chi connectivity index (χ1n) is 8.03. The third-order valence-electron chi connectivity index (χ3n) is 4.06. The number of hydrogen-bond donors (Lipinski definition) is 1. The summed E-state index contributed by atoms with van der Waals surface area (Å²) in [5.41, 5.74) is 2.27. The summed E-state index contributed by atoms with van der Waals surface area (Å²) in [6.07, 6.45) is 4.73. The quantitative estimate of drug-likeness (QED) is 0.722. The van der Waals surface area contributed by atoms with Gasteiger partial charge in [0.05, 0.1) is 12.2 Å².